The quantitative estimate of drug-likeness (QED) is 0.437. The Kier molecular flexibility index (Phi) is 7.62. The van der Waals surface area contributed by atoms with Gasteiger partial charge < -0.3 is 15.2 Å². The Bertz CT molecular complexity index is 650. The fraction of sp³-hybridized carbons (Fsp3) is 0.444. The van der Waals surface area contributed by atoms with Crippen LogP contribution in [0, 0.1) is 6.92 Å². The average Bonchev–Trinajstić information content (AvgIpc) is 2.97. The molecular formula is C18H26ClN5. The summed E-state index contributed by atoms with van der Waals surface area (Å²) in [6, 6.07) is 7.81. The van der Waals surface area contributed by atoms with Crippen LogP contribution in [0.3, 0.4) is 0 Å². The Morgan fingerprint density at radius 3 is 2.88 bits per heavy atom. The normalized spacial score (nSPS) is 11.5. The van der Waals surface area contributed by atoms with E-state index in [4.69, 9.17) is 11.6 Å². The summed E-state index contributed by atoms with van der Waals surface area (Å²) in [5, 5.41) is 7.40. The van der Waals surface area contributed by atoms with Crippen LogP contribution in [0.4, 0.5) is 0 Å². The van der Waals surface area contributed by atoms with Gasteiger partial charge >= 0.3 is 0 Å². The van der Waals surface area contributed by atoms with Crippen molar-refractivity contribution in [1.29, 1.82) is 0 Å². The lowest BCUT2D eigenvalue weighted by Crippen LogP contribution is -2.37. The predicted molar refractivity (Wildman–Crippen MR) is 100 cm³/mol. The molecule has 0 atom stereocenters. The number of nitrogens with zero attached hydrogens (tertiary/aromatic N) is 3. The molecule has 0 radical (unpaired) electrons. The van der Waals surface area contributed by atoms with Crippen molar-refractivity contribution in [3.05, 3.63) is 53.1 Å². The van der Waals surface area contributed by atoms with Crippen LogP contribution in [0.2, 0.25) is 5.02 Å². The molecule has 0 spiro atoms. The van der Waals surface area contributed by atoms with Crippen molar-refractivity contribution in [2.75, 3.05) is 13.1 Å². The van der Waals surface area contributed by atoms with Gasteiger partial charge in [0.25, 0.3) is 0 Å². The number of hydrogen-bond acceptors (Lipinski definition) is 2. The van der Waals surface area contributed by atoms with Crippen LogP contribution in [0.15, 0.2) is 41.7 Å². The van der Waals surface area contributed by atoms with E-state index in [2.05, 4.69) is 32.1 Å². The van der Waals surface area contributed by atoms with Gasteiger partial charge in [0.2, 0.25) is 0 Å². The highest BCUT2D eigenvalue weighted by Crippen LogP contribution is 2.11. The topological polar surface area (TPSA) is 54.2 Å². The minimum Gasteiger partial charge on any atom is -0.357 e. The lowest BCUT2D eigenvalue weighted by atomic mass is 10.2. The monoisotopic (exact) mass is 347 g/mol. The van der Waals surface area contributed by atoms with Crippen molar-refractivity contribution >= 4 is 17.6 Å². The van der Waals surface area contributed by atoms with Gasteiger partial charge in [0.05, 0.1) is 6.54 Å². The molecule has 0 bridgehead atoms. The lowest BCUT2D eigenvalue weighted by Gasteiger charge is -2.11. The molecule has 1 heterocycles. The van der Waals surface area contributed by atoms with E-state index in [1.165, 1.54) is 0 Å². The van der Waals surface area contributed by atoms with Gasteiger partial charge in [-0.2, -0.15) is 0 Å². The van der Waals surface area contributed by atoms with Crippen molar-refractivity contribution in [1.82, 2.24) is 20.2 Å². The smallest absolute Gasteiger partial charge is 0.191 e. The van der Waals surface area contributed by atoms with Gasteiger partial charge in [0, 0.05) is 37.1 Å². The summed E-state index contributed by atoms with van der Waals surface area (Å²) in [5.74, 6) is 1.91. The Morgan fingerprint density at radius 2 is 2.17 bits per heavy atom. The molecule has 0 unspecified atom stereocenters. The highest BCUT2D eigenvalue weighted by molar-refractivity contribution is 6.30. The standard InChI is InChI=1S/C18H26ClN5/c1-3-20-18(23-14-16-7-6-8-17(19)13-16)22-9-4-5-11-24-12-10-21-15(24)2/h6-8,10,12-13H,3-5,9,11,14H2,1-2H3,(H2,20,22,23). The first-order valence-corrected chi connectivity index (χ1v) is 8.81. The number of nitrogens with one attached hydrogen (secondary N) is 2. The van der Waals surface area contributed by atoms with E-state index in [1.807, 2.05) is 43.6 Å². The van der Waals surface area contributed by atoms with Crippen LogP contribution >= 0.6 is 11.6 Å². The molecule has 1 aromatic carbocycles. The van der Waals surface area contributed by atoms with Crippen molar-refractivity contribution in [2.45, 2.75) is 39.8 Å². The van der Waals surface area contributed by atoms with Crippen molar-refractivity contribution in [3.63, 3.8) is 0 Å². The molecule has 24 heavy (non-hydrogen) atoms. The molecule has 6 heteroatoms. The Balaban J connectivity index is 1.74. The highest BCUT2D eigenvalue weighted by atomic mass is 35.5. The first-order valence-electron chi connectivity index (χ1n) is 8.43. The van der Waals surface area contributed by atoms with Gasteiger partial charge in [0.1, 0.15) is 5.82 Å². The number of hydrogen-bond donors (Lipinski definition) is 2. The third-order valence-corrected chi connectivity index (χ3v) is 3.93. The molecule has 1 aromatic heterocycles. The molecule has 5 nitrogen and oxygen atoms in total. The fourth-order valence-corrected chi connectivity index (χ4v) is 2.61. The van der Waals surface area contributed by atoms with Crippen LogP contribution in [-0.4, -0.2) is 28.6 Å². The molecule has 0 amide bonds. The van der Waals surface area contributed by atoms with Gasteiger partial charge in [0.15, 0.2) is 5.96 Å². The Morgan fingerprint density at radius 1 is 1.29 bits per heavy atom. The van der Waals surface area contributed by atoms with E-state index in [1.54, 1.807) is 0 Å². The minimum absolute atomic E-state index is 0.615. The highest BCUT2D eigenvalue weighted by Gasteiger charge is 1.99. The summed E-state index contributed by atoms with van der Waals surface area (Å²) < 4.78 is 2.18. The maximum atomic E-state index is 6.01. The van der Waals surface area contributed by atoms with E-state index in [9.17, 15) is 0 Å². The molecule has 0 saturated carbocycles. The summed E-state index contributed by atoms with van der Waals surface area (Å²) in [6.45, 7) is 7.46. The van der Waals surface area contributed by atoms with Crippen LogP contribution in [0.1, 0.15) is 31.2 Å². The SMILES string of the molecule is CCNC(=NCc1cccc(Cl)c1)NCCCCn1ccnc1C. The second kappa shape index (κ2) is 9.98. The van der Waals surface area contributed by atoms with Crippen molar-refractivity contribution in [2.24, 2.45) is 4.99 Å². The number of rotatable bonds is 8. The number of aryl methyl sites for hydroxylation is 2. The zero-order valence-electron chi connectivity index (χ0n) is 14.4. The molecule has 2 rings (SSSR count). The molecular weight excluding hydrogens is 322 g/mol. The van der Waals surface area contributed by atoms with Gasteiger partial charge in [-0.25, -0.2) is 9.98 Å². The largest absolute Gasteiger partial charge is 0.357 e. The number of guanidine groups is 1. The Hall–Kier alpha value is -2.01. The molecule has 130 valence electrons. The molecule has 0 aliphatic rings. The fourth-order valence-electron chi connectivity index (χ4n) is 2.40. The number of halogens is 1. The number of imidazole rings is 1. The molecule has 0 aliphatic heterocycles. The van der Waals surface area contributed by atoms with E-state index < -0.39 is 0 Å². The first-order chi connectivity index (χ1) is 11.7. The van der Waals surface area contributed by atoms with Crippen LogP contribution in [0.5, 0.6) is 0 Å². The third-order valence-electron chi connectivity index (χ3n) is 3.69. The molecule has 0 aliphatic carbocycles. The lowest BCUT2D eigenvalue weighted by molar-refractivity contribution is 0.588. The van der Waals surface area contributed by atoms with Crippen molar-refractivity contribution < 1.29 is 0 Å². The van der Waals surface area contributed by atoms with Crippen molar-refractivity contribution in [3.8, 4) is 0 Å². The van der Waals surface area contributed by atoms with E-state index in [0.29, 0.717) is 6.54 Å². The summed E-state index contributed by atoms with van der Waals surface area (Å²) in [5.41, 5.74) is 1.11. The van der Waals surface area contributed by atoms with Gasteiger partial charge in [-0.3, -0.25) is 0 Å². The average molecular weight is 348 g/mol. The minimum atomic E-state index is 0.615. The molecule has 2 N–H and O–H groups in total. The van der Waals surface area contributed by atoms with E-state index in [0.717, 1.165) is 54.8 Å². The Labute approximate surface area is 149 Å². The van der Waals surface area contributed by atoms with Gasteiger partial charge in [-0.05, 0) is 44.4 Å². The number of aliphatic imine (C=N–C) groups is 1. The molecule has 2 aromatic rings. The number of aromatic nitrogens is 2. The van der Waals surface area contributed by atoms with Gasteiger partial charge in [-0.1, -0.05) is 23.7 Å². The van der Waals surface area contributed by atoms with Crippen LogP contribution in [0.25, 0.3) is 0 Å². The maximum Gasteiger partial charge on any atom is 0.191 e. The first kappa shape index (κ1) is 18.3. The zero-order valence-corrected chi connectivity index (χ0v) is 15.2. The third kappa shape index (κ3) is 6.24. The zero-order chi connectivity index (χ0) is 17.2. The molecule has 0 fully saturated rings. The number of benzene rings is 1. The van der Waals surface area contributed by atoms with Gasteiger partial charge in [-0.15, -0.1) is 0 Å². The summed E-state index contributed by atoms with van der Waals surface area (Å²) in [4.78, 5) is 8.84. The van der Waals surface area contributed by atoms with Crippen LogP contribution in [-0.2, 0) is 13.1 Å². The second-order valence-corrected chi connectivity index (χ2v) is 6.06. The second-order valence-electron chi connectivity index (χ2n) is 5.63. The van der Waals surface area contributed by atoms with E-state index in [-0.39, 0.29) is 0 Å². The van der Waals surface area contributed by atoms with Crippen LogP contribution < -0.4 is 10.6 Å². The van der Waals surface area contributed by atoms with E-state index >= 15 is 0 Å². The number of unbranched alkanes of at least 4 members (excludes halogenated alkanes) is 1. The summed E-state index contributed by atoms with van der Waals surface area (Å²) in [6.07, 6.45) is 6.07. The summed E-state index contributed by atoms with van der Waals surface area (Å²) in [7, 11) is 0. The maximum absolute atomic E-state index is 6.01. The summed E-state index contributed by atoms with van der Waals surface area (Å²) >= 11 is 6.01. The molecule has 0 saturated heterocycles. The predicted octanol–water partition coefficient (Wildman–Crippen LogP) is 3.38.